The molecule has 34 heavy (non-hydrogen) atoms. The Morgan fingerprint density at radius 3 is 2.53 bits per heavy atom. The Morgan fingerprint density at radius 1 is 1.18 bits per heavy atom. The highest BCUT2D eigenvalue weighted by molar-refractivity contribution is 6.08. The summed E-state index contributed by atoms with van der Waals surface area (Å²) in [6, 6.07) is 1.00. The molecule has 5 heterocycles. The number of fused-ring (bicyclic) bond motifs is 1. The van der Waals surface area contributed by atoms with Gasteiger partial charge in [-0.3, -0.25) is 4.79 Å². The number of nitrogens with one attached hydrogen (secondary N) is 2. The van der Waals surface area contributed by atoms with Crippen LogP contribution in [-0.4, -0.2) is 42.7 Å². The van der Waals surface area contributed by atoms with Crippen molar-refractivity contribution < 1.29 is 31.1 Å². The van der Waals surface area contributed by atoms with Gasteiger partial charge in [-0.15, -0.1) is 0 Å². The zero-order chi connectivity index (χ0) is 24.6. The Hall–Kier alpha value is -3.71. The van der Waals surface area contributed by atoms with Gasteiger partial charge in [-0.05, 0) is 13.0 Å². The average Bonchev–Trinajstić information content (AvgIpc) is 3.20. The number of hydrogen-bond donors (Lipinski definition) is 2. The summed E-state index contributed by atoms with van der Waals surface area (Å²) >= 11 is 0. The van der Waals surface area contributed by atoms with Crippen LogP contribution in [0.25, 0.3) is 22.6 Å². The van der Waals surface area contributed by atoms with E-state index >= 15 is 0 Å². The number of rotatable bonds is 4. The SMILES string of the molecule is C=C1C[C@@]2(C)C(=O)Nc3nc(-c4nn(CCC(F)(F)C(F)(F)F)c5ncc(F)cc45)nc(c32)N1. The quantitative estimate of drug-likeness (QED) is 0.541. The van der Waals surface area contributed by atoms with Crippen LogP contribution in [0, 0.1) is 5.82 Å². The maximum atomic E-state index is 14.0. The van der Waals surface area contributed by atoms with Crippen molar-refractivity contribution in [2.24, 2.45) is 0 Å². The van der Waals surface area contributed by atoms with E-state index in [0.717, 1.165) is 16.9 Å². The smallest absolute Gasteiger partial charge is 0.344 e. The molecule has 2 aliphatic heterocycles. The van der Waals surface area contributed by atoms with Crippen LogP contribution < -0.4 is 10.6 Å². The number of halogens is 6. The van der Waals surface area contributed by atoms with Crippen molar-refractivity contribution >= 4 is 28.6 Å². The molecule has 0 aromatic carbocycles. The van der Waals surface area contributed by atoms with E-state index in [9.17, 15) is 31.1 Å². The topological polar surface area (TPSA) is 97.6 Å². The van der Waals surface area contributed by atoms with Crippen LogP contribution in [0.4, 0.5) is 38.0 Å². The maximum Gasteiger partial charge on any atom is 0.453 e. The van der Waals surface area contributed by atoms with E-state index in [-0.39, 0.29) is 40.1 Å². The second-order valence-corrected chi connectivity index (χ2v) is 8.36. The van der Waals surface area contributed by atoms with E-state index < -0.39 is 36.3 Å². The highest BCUT2D eigenvalue weighted by Gasteiger charge is 2.57. The largest absolute Gasteiger partial charge is 0.453 e. The maximum absolute atomic E-state index is 14.0. The van der Waals surface area contributed by atoms with Crippen molar-refractivity contribution in [1.29, 1.82) is 0 Å². The number of hydrogen-bond acceptors (Lipinski definition) is 6. The third-order valence-corrected chi connectivity index (χ3v) is 5.87. The van der Waals surface area contributed by atoms with Gasteiger partial charge in [0, 0.05) is 25.1 Å². The average molecular weight is 483 g/mol. The third-order valence-electron chi connectivity index (χ3n) is 5.87. The first-order valence-corrected chi connectivity index (χ1v) is 9.96. The molecule has 8 nitrogen and oxygen atoms in total. The molecular formula is C20H15F6N7O. The van der Waals surface area contributed by atoms with E-state index in [1.54, 1.807) is 6.92 Å². The molecule has 0 saturated heterocycles. The molecule has 0 fully saturated rings. The third kappa shape index (κ3) is 3.19. The van der Waals surface area contributed by atoms with Crippen molar-refractivity contribution in [3.05, 3.63) is 35.9 Å². The normalized spacial score (nSPS) is 19.9. The summed E-state index contributed by atoms with van der Waals surface area (Å²) in [6.07, 6.45) is -6.24. The van der Waals surface area contributed by atoms with E-state index in [4.69, 9.17) is 0 Å². The summed E-state index contributed by atoms with van der Waals surface area (Å²) in [6.45, 7) is 4.70. The Balaban J connectivity index is 1.63. The van der Waals surface area contributed by atoms with Crippen LogP contribution in [0.1, 0.15) is 25.3 Å². The first kappa shape index (κ1) is 22.1. The zero-order valence-electron chi connectivity index (χ0n) is 17.4. The number of carbonyl (C=O) groups is 1. The molecule has 0 unspecified atom stereocenters. The summed E-state index contributed by atoms with van der Waals surface area (Å²) in [5.74, 6) is -5.74. The number of aromatic nitrogens is 5. The lowest BCUT2D eigenvalue weighted by Crippen LogP contribution is -2.37. The van der Waals surface area contributed by atoms with Crippen LogP contribution in [0.2, 0.25) is 0 Å². The highest BCUT2D eigenvalue weighted by atomic mass is 19.4. The molecule has 2 aliphatic rings. The number of nitrogens with zero attached hydrogens (tertiary/aromatic N) is 5. The highest BCUT2D eigenvalue weighted by Crippen LogP contribution is 2.48. The Kier molecular flexibility index (Phi) is 4.48. The lowest BCUT2D eigenvalue weighted by Gasteiger charge is -2.30. The predicted molar refractivity (Wildman–Crippen MR) is 107 cm³/mol. The monoisotopic (exact) mass is 483 g/mol. The zero-order valence-corrected chi connectivity index (χ0v) is 17.4. The van der Waals surface area contributed by atoms with E-state index in [0.29, 0.717) is 17.7 Å². The number of carbonyl (C=O) groups excluding carboxylic acids is 1. The van der Waals surface area contributed by atoms with Crippen molar-refractivity contribution in [3.8, 4) is 11.5 Å². The molecule has 2 N–H and O–H groups in total. The van der Waals surface area contributed by atoms with Gasteiger partial charge in [0.15, 0.2) is 11.5 Å². The standard InChI is InChI=1S/C20H15F6N7O/c1-8-6-18(2)11-13(28-8)29-15(30-14(11)31-17(18)34)12-10-5-9(21)7-27-16(10)33(32-12)4-3-19(22,23)20(24,25)26/h5,7H,1,3-4,6H2,2H3,(H2,28,29,30,31,34)/t18-/m1/s1. The molecule has 1 atom stereocenters. The van der Waals surface area contributed by atoms with Gasteiger partial charge in [-0.25, -0.2) is 24.0 Å². The molecule has 1 amide bonds. The second-order valence-electron chi connectivity index (χ2n) is 8.36. The fourth-order valence-electron chi connectivity index (χ4n) is 4.18. The van der Waals surface area contributed by atoms with Crippen molar-refractivity contribution in [3.63, 3.8) is 0 Å². The first-order valence-electron chi connectivity index (χ1n) is 9.96. The molecule has 3 aromatic heterocycles. The van der Waals surface area contributed by atoms with Crippen molar-refractivity contribution in [1.82, 2.24) is 24.7 Å². The van der Waals surface area contributed by atoms with Crippen LogP contribution >= 0.6 is 0 Å². The Labute approximate surface area is 187 Å². The second kappa shape index (κ2) is 6.90. The molecule has 178 valence electrons. The van der Waals surface area contributed by atoms with E-state index in [2.05, 4.69) is 37.3 Å². The van der Waals surface area contributed by atoms with Gasteiger partial charge in [-0.2, -0.15) is 27.1 Å². The summed E-state index contributed by atoms with van der Waals surface area (Å²) in [5, 5.41) is 9.71. The molecule has 3 aromatic rings. The summed E-state index contributed by atoms with van der Waals surface area (Å²) in [5.41, 5.74) is -0.161. The number of anilines is 2. The van der Waals surface area contributed by atoms with Gasteiger partial charge in [0.2, 0.25) is 5.91 Å². The van der Waals surface area contributed by atoms with Gasteiger partial charge in [0.05, 0.1) is 22.6 Å². The van der Waals surface area contributed by atoms with Gasteiger partial charge in [0.25, 0.3) is 0 Å². The minimum atomic E-state index is -5.73. The van der Waals surface area contributed by atoms with E-state index in [1.165, 1.54) is 0 Å². The van der Waals surface area contributed by atoms with Gasteiger partial charge >= 0.3 is 12.1 Å². The molecule has 0 saturated carbocycles. The van der Waals surface area contributed by atoms with Crippen molar-refractivity contribution in [2.45, 2.75) is 43.8 Å². The minimum Gasteiger partial charge on any atom is -0.344 e. The summed E-state index contributed by atoms with van der Waals surface area (Å²) in [4.78, 5) is 25.1. The predicted octanol–water partition coefficient (Wildman–Crippen LogP) is 4.15. The number of aryl methyl sites for hydroxylation is 1. The fraction of sp³-hybridized carbons (Fsp3) is 0.350. The molecule has 14 heteroatoms. The van der Waals surface area contributed by atoms with Gasteiger partial charge < -0.3 is 10.6 Å². The lowest BCUT2D eigenvalue weighted by molar-refractivity contribution is -0.285. The van der Waals surface area contributed by atoms with Crippen LogP contribution in [0.3, 0.4) is 0 Å². The van der Waals surface area contributed by atoms with Gasteiger partial charge in [0.1, 0.15) is 23.1 Å². The first-order chi connectivity index (χ1) is 15.8. The van der Waals surface area contributed by atoms with Crippen LogP contribution in [0.5, 0.6) is 0 Å². The minimum absolute atomic E-state index is 0.00389. The number of alkyl halides is 5. The number of pyridine rings is 1. The molecule has 0 bridgehead atoms. The lowest BCUT2D eigenvalue weighted by atomic mass is 9.78. The summed E-state index contributed by atoms with van der Waals surface area (Å²) in [7, 11) is 0. The molecule has 0 radical (unpaired) electrons. The Morgan fingerprint density at radius 2 is 1.85 bits per heavy atom. The Bertz CT molecular complexity index is 1380. The summed E-state index contributed by atoms with van der Waals surface area (Å²) < 4.78 is 79.6. The van der Waals surface area contributed by atoms with Gasteiger partial charge in [-0.1, -0.05) is 6.58 Å². The molecule has 5 rings (SSSR count). The molecular weight excluding hydrogens is 468 g/mol. The number of allylic oxidation sites excluding steroid dienone is 1. The molecule has 0 aliphatic carbocycles. The van der Waals surface area contributed by atoms with E-state index in [1.807, 2.05) is 0 Å². The van der Waals surface area contributed by atoms with Crippen LogP contribution in [0.15, 0.2) is 24.5 Å². The van der Waals surface area contributed by atoms with Crippen molar-refractivity contribution in [2.75, 3.05) is 10.6 Å². The fourth-order valence-corrected chi connectivity index (χ4v) is 4.18. The van der Waals surface area contributed by atoms with Crippen LogP contribution in [-0.2, 0) is 16.8 Å². The molecule has 0 spiro atoms. The number of amides is 1.